The molecule has 1 N–H and O–H groups in total. The molecule has 0 aromatic heterocycles. The number of carbonyl (C=O) groups excluding carboxylic acids is 2. The van der Waals surface area contributed by atoms with Crippen molar-refractivity contribution in [1.82, 2.24) is 0 Å². The summed E-state index contributed by atoms with van der Waals surface area (Å²) >= 11 is 0. The maximum Gasteiger partial charge on any atom is 0.260 e. The van der Waals surface area contributed by atoms with Crippen molar-refractivity contribution in [1.29, 1.82) is 0 Å². The molecule has 0 atom stereocenters. The molecule has 128 valence electrons. The van der Waals surface area contributed by atoms with Gasteiger partial charge in [0, 0.05) is 24.1 Å². The van der Waals surface area contributed by atoms with Gasteiger partial charge in [-0.3, -0.25) is 9.59 Å². The Morgan fingerprint density at radius 2 is 1.88 bits per heavy atom. The third-order valence-corrected chi connectivity index (χ3v) is 4.33. The molecule has 0 unspecified atom stereocenters. The Morgan fingerprint density at radius 1 is 1.12 bits per heavy atom. The molecule has 2 aromatic rings. The first-order valence-electron chi connectivity index (χ1n) is 8.50. The zero-order valence-corrected chi connectivity index (χ0v) is 14.6. The Bertz CT molecular complexity index is 825. The van der Waals surface area contributed by atoms with Crippen LogP contribution in [0.4, 0.5) is 11.4 Å². The van der Waals surface area contributed by atoms with Gasteiger partial charge in [0.15, 0.2) is 5.78 Å². The van der Waals surface area contributed by atoms with E-state index in [2.05, 4.69) is 30.4 Å². The summed E-state index contributed by atoms with van der Waals surface area (Å²) in [5.41, 5.74) is 4.39. The second-order valence-corrected chi connectivity index (χ2v) is 6.35. The summed E-state index contributed by atoms with van der Waals surface area (Å²) in [5, 5.41) is 2.79. The number of anilines is 2. The molecule has 1 heterocycles. The van der Waals surface area contributed by atoms with Gasteiger partial charge in [0.05, 0.1) is 5.57 Å². The lowest BCUT2D eigenvalue weighted by Crippen LogP contribution is -2.28. The molecular formula is C21H22N2O2. The molecule has 3 rings (SSSR count). The summed E-state index contributed by atoms with van der Waals surface area (Å²) in [7, 11) is 0. The summed E-state index contributed by atoms with van der Waals surface area (Å²) in [6.45, 7) is 4.30. The zero-order chi connectivity index (χ0) is 17.8. The van der Waals surface area contributed by atoms with Crippen molar-refractivity contribution < 1.29 is 9.59 Å². The first-order chi connectivity index (χ1) is 12.0. The predicted octanol–water partition coefficient (Wildman–Crippen LogP) is 3.86. The van der Waals surface area contributed by atoms with Crippen LogP contribution >= 0.6 is 0 Å². The predicted molar refractivity (Wildman–Crippen MR) is 101 cm³/mol. The van der Waals surface area contributed by atoms with E-state index in [4.69, 9.17) is 0 Å². The van der Waals surface area contributed by atoms with Crippen LogP contribution in [0.25, 0.3) is 0 Å². The number of hydrogen-bond acceptors (Lipinski definition) is 3. The average molecular weight is 334 g/mol. The van der Waals surface area contributed by atoms with E-state index in [-0.39, 0.29) is 17.3 Å². The highest BCUT2D eigenvalue weighted by Crippen LogP contribution is 2.28. The number of benzene rings is 2. The number of rotatable bonds is 4. The maximum atomic E-state index is 12.6. The molecule has 1 aliphatic heterocycles. The molecule has 1 amide bonds. The fraction of sp³-hybridized carbons (Fsp3) is 0.238. The Hall–Kier alpha value is -2.88. The minimum Gasteiger partial charge on any atom is -0.347 e. The summed E-state index contributed by atoms with van der Waals surface area (Å²) in [6.07, 6.45) is 3.71. The molecule has 4 nitrogen and oxygen atoms in total. The number of fused-ring (bicyclic) bond motifs is 1. The van der Waals surface area contributed by atoms with Gasteiger partial charge in [0.25, 0.3) is 5.91 Å². The van der Waals surface area contributed by atoms with Crippen LogP contribution in [-0.2, 0) is 16.0 Å². The van der Waals surface area contributed by atoms with Crippen molar-refractivity contribution in [2.75, 3.05) is 16.8 Å². The molecule has 0 radical (unpaired) electrons. The largest absolute Gasteiger partial charge is 0.347 e. The molecule has 25 heavy (non-hydrogen) atoms. The third kappa shape index (κ3) is 3.97. The highest BCUT2D eigenvalue weighted by atomic mass is 16.2. The molecule has 0 saturated heterocycles. The zero-order valence-electron chi connectivity index (χ0n) is 14.6. The fourth-order valence-electron chi connectivity index (χ4n) is 3.07. The number of amides is 1. The molecule has 1 aliphatic rings. The molecule has 0 saturated carbocycles. The minimum absolute atomic E-state index is 0.164. The lowest BCUT2D eigenvalue weighted by molar-refractivity contribution is -0.118. The first kappa shape index (κ1) is 17.0. The van der Waals surface area contributed by atoms with Gasteiger partial charge in [0.2, 0.25) is 0 Å². The molecule has 0 bridgehead atoms. The normalized spacial score (nSPS) is 14.0. The average Bonchev–Trinajstić information content (AvgIpc) is 2.59. The minimum atomic E-state index is -0.377. The highest BCUT2D eigenvalue weighted by molar-refractivity contribution is 6.23. The molecule has 0 aliphatic carbocycles. The lowest BCUT2D eigenvalue weighted by Gasteiger charge is -2.29. The van der Waals surface area contributed by atoms with E-state index in [1.165, 1.54) is 18.1 Å². The van der Waals surface area contributed by atoms with Crippen LogP contribution in [0.15, 0.2) is 60.3 Å². The highest BCUT2D eigenvalue weighted by Gasteiger charge is 2.20. The van der Waals surface area contributed by atoms with Gasteiger partial charge in [0.1, 0.15) is 0 Å². The SMILES string of the molecule is CC(=O)/C(=C\N1CCCc2cc(C)ccc21)C(=O)Nc1ccccc1. The number of para-hydroxylation sites is 1. The Labute approximate surface area is 148 Å². The van der Waals surface area contributed by atoms with Crippen LogP contribution in [0, 0.1) is 6.92 Å². The van der Waals surface area contributed by atoms with E-state index in [0.717, 1.165) is 25.1 Å². The van der Waals surface area contributed by atoms with E-state index in [1.807, 2.05) is 23.1 Å². The molecule has 0 fully saturated rings. The smallest absolute Gasteiger partial charge is 0.260 e. The van der Waals surface area contributed by atoms with Crippen LogP contribution in [-0.4, -0.2) is 18.2 Å². The molecule has 2 aromatic carbocycles. The number of aryl methyl sites for hydroxylation is 2. The van der Waals surface area contributed by atoms with Gasteiger partial charge in [-0.15, -0.1) is 0 Å². The topological polar surface area (TPSA) is 49.4 Å². The number of nitrogens with one attached hydrogen (secondary N) is 1. The van der Waals surface area contributed by atoms with Gasteiger partial charge in [-0.05, 0) is 50.5 Å². The van der Waals surface area contributed by atoms with Gasteiger partial charge in [-0.2, -0.15) is 0 Å². The third-order valence-electron chi connectivity index (χ3n) is 4.33. The van der Waals surface area contributed by atoms with Crippen molar-refractivity contribution in [3.05, 3.63) is 71.4 Å². The van der Waals surface area contributed by atoms with Gasteiger partial charge in [-0.1, -0.05) is 35.9 Å². The van der Waals surface area contributed by atoms with Crippen LogP contribution in [0.5, 0.6) is 0 Å². The van der Waals surface area contributed by atoms with Gasteiger partial charge < -0.3 is 10.2 Å². The maximum absolute atomic E-state index is 12.6. The van der Waals surface area contributed by atoms with Crippen molar-refractivity contribution in [2.24, 2.45) is 0 Å². The Balaban J connectivity index is 1.89. The van der Waals surface area contributed by atoms with E-state index < -0.39 is 0 Å². The van der Waals surface area contributed by atoms with Crippen LogP contribution in [0.2, 0.25) is 0 Å². The van der Waals surface area contributed by atoms with Crippen LogP contribution < -0.4 is 10.2 Å². The summed E-state index contributed by atoms with van der Waals surface area (Å²) in [4.78, 5) is 26.6. The molecular weight excluding hydrogens is 312 g/mol. The number of nitrogens with zero attached hydrogens (tertiary/aromatic N) is 1. The van der Waals surface area contributed by atoms with Gasteiger partial charge >= 0.3 is 0 Å². The first-order valence-corrected chi connectivity index (χ1v) is 8.50. The van der Waals surface area contributed by atoms with E-state index in [0.29, 0.717) is 5.69 Å². The Morgan fingerprint density at radius 3 is 2.60 bits per heavy atom. The van der Waals surface area contributed by atoms with Gasteiger partial charge in [-0.25, -0.2) is 0 Å². The standard InChI is InChI=1S/C21H22N2O2/c1-15-10-11-20-17(13-15)7-6-12-23(20)14-19(16(2)24)21(25)22-18-8-4-3-5-9-18/h3-5,8-11,13-14H,6-7,12H2,1-2H3,(H,22,25)/b19-14+. The second kappa shape index (κ2) is 7.34. The lowest BCUT2D eigenvalue weighted by atomic mass is 9.99. The summed E-state index contributed by atoms with van der Waals surface area (Å²) < 4.78 is 0. The molecule has 4 heteroatoms. The summed E-state index contributed by atoms with van der Waals surface area (Å²) in [6, 6.07) is 15.5. The van der Waals surface area contributed by atoms with E-state index in [1.54, 1.807) is 18.3 Å². The second-order valence-electron chi connectivity index (χ2n) is 6.35. The molecule has 0 spiro atoms. The van der Waals surface area contributed by atoms with E-state index in [9.17, 15) is 9.59 Å². The Kier molecular flexibility index (Phi) is 4.98. The summed E-state index contributed by atoms with van der Waals surface area (Å²) in [5.74, 6) is -0.620. The van der Waals surface area contributed by atoms with Crippen molar-refractivity contribution in [2.45, 2.75) is 26.7 Å². The van der Waals surface area contributed by atoms with Crippen molar-refractivity contribution in [3.63, 3.8) is 0 Å². The quantitative estimate of drug-likeness (QED) is 0.525. The number of Topliss-reactive ketones (excluding diaryl/α,β-unsaturated/α-hetero) is 1. The number of ketones is 1. The monoisotopic (exact) mass is 334 g/mol. The van der Waals surface area contributed by atoms with Crippen LogP contribution in [0.3, 0.4) is 0 Å². The number of hydrogen-bond donors (Lipinski definition) is 1. The number of carbonyl (C=O) groups is 2. The van der Waals surface area contributed by atoms with E-state index >= 15 is 0 Å². The fourth-order valence-corrected chi connectivity index (χ4v) is 3.07. The van der Waals surface area contributed by atoms with Crippen LogP contribution in [0.1, 0.15) is 24.5 Å². The van der Waals surface area contributed by atoms with Crippen molar-refractivity contribution in [3.8, 4) is 0 Å². The van der Waals surface area contributed by atoms with Crippen molar-refractivity contribution >= 4 is 23.1 Å².